The summed E-state index contributed by atoms with van der Waals surface area (Å²) in [6.45, 7) is 6.94. The van der Waals surface area contributed by atoms with Crippen molar-refractivity contribution >= 4 is 16.8 Å². The molecule has 4 rings (SSSR count). The first-order valence-corrected chi connectivity index (χ1v) is 9.22. The Morgan fingerprint density at radius 2 is 1.85 bits per heavy atom. The molecule has 27 heavy (non-hydrogen) atoms. The highest BCUT2D eigenvalue weighted by Crippen LogP contribution is 2.27. The lowest BCUT2D eigenvalue weighted by Gasteiger charge is -2.09. The summed E-state index contributed by atoms with van der Waals surface area (Å²) in [6, 6.07) is 16.8. The van der Waals surface area contributed by atoms with E-state index in [-0.39, 0.29) is 0 Å². The largest absolute Gasteiger partial charge is 0.464 e. The molecule has 1 N–H and O–H groups in total. The van der Waals surface area contributed by atoms with Gasteiger partial charge in [0.2, 0.25) is 0 Å². The van der Waals surface area contributed by atoms with Crippen LogP contribution in [0.3, 0.4) is 0 Å². The first-order valence-electron chi connectivity index (χ1n) is 9.22. The second-order valence-electron chi connectivity index (χ2n) is 6.98. The molecule has 4 heteroatoms. The van der Waals surface area contributed by atoms with Gasteiger partial charge in [0, 0.05) is 23.6 Å². The normalized spacial score (nSPS) is 11.1. The van der Waals surface area contributed by atoms with Gasteiger partial charge in [-0.2, -0.15) is 0 Å². The van der Waals surface area contributed by atoms with Gasteiger partial charge in [0.05, 0.1) is 12.0 Å². The first kappa shape index (κ1) is 17.3. The average Bonchev–Trinajstić information content (AvgIpc) is 3.02. The lowest BCUT2D eigenvalue weighted by Crippen LogP contribution is -2.08. The van der Waals surface area contributed by atoms with E-state index in [1.165, 1.54) is 11.1 Å². The van der Waals surface area contributed by atoms with Crippen molar-refractivity contribution in [2.45, 2.75) is 27.2 Å². The van der Waals surface area contributed by atoms with Crippen LogP contribution in [0.15, 0.2) is 59.2 Å². The van der Waals surface area contributed by atoms with E-state index in [0.29, 0.717) is 0 Å². The molecule has 0 unspecified atom stereocenters. The van der Waals surface area contributed by atoms with Gasteiger partial charge >= 0.3 is 0 Å². The number of furan rings is 1. The van der Waals surface area contributed by atoms with Crippen molar-refractivity contribution in [3.05, 3.63) is 77.3 Å². The molecule has 0 amide bonds. The molecule has 4 aromatic rings. The van der Waals surface area contributed by atoms with Gasteiger partial charge in [-0.25, -0.2) is 9.97 Å². The monoisotopic (exact) mass is 357 g/mol. The molecular formula is C23H23N3O. The second kappa shape index (κ2) is 7.23. The molecule has 0 bridgehead atoms. The van der Waals surface area contributed by atoms with E-state index in [2.05, 4.69) is 59.5 Å². The molecule has 0 radical (unpaired) electrons. The second-order valence-corrected chi connectivity index (χ2v) is 6.98. The molecule has 2 heterocycles. The van der Waals surface area contributed by atoms with Crippen LogP contribution < -0.4 is 5.32 Å². The van der Waals surface area contributed by atoms with Crippen LogP contribution in [-0.4, -0.2) is 16.5 Å². The first-order chi connectivity index (χ1) is 13.1. The Balaban J connectivity index is 1.54. The molecule has 0 aliphatic carbocycles. The fourth-order valence-electron chi connectivity index (χ4n) is 3.32. The summed E-state index contributed by atoms with van der Waals surface area (Å²) in [5.74, 6) is 1.61. The predicted octanol–water partition coefficient (Wildman–Crippen LogP) is 5.47. The smallest absolute Gasteiger partial charge is 0.134 e. The summed E-state index contributed by atoms with van der Waals surface area (Å²) in [4.78, 5) is 9.16. The molecule has 0 fully saturated rings. The topological polar surface area (TPSA) is 51.0 Å². The fourth-order valence-corrected chi connectivity index (χ4v) is 3.32. The summed E-state index contributed by atoms with van der Waals surface area (Å²) in [6.07, 6.45) is 2.75. The van der Waals surface area contributed by atoms with E-state index in [4.69, 9.17) is 4.42 Å². The number of nitrogens with one attached hydrogen (secondary N) is 1. The minimum atomic E-state index is 0.759. The quantitative estimate of drug-likeness (QED) is 0.514. The highest BCUT2D eigenvalue weighted by molar-refractivity contribution is 5.85. The van der Waals surface area contributed by atoms with Crippen molar-refractivity contribution in [1.82, 2.24) is 9.97 Å². The van der Waals surface area contributed by atoms with Crippen molar-refractivity contribution in [3.8, 4) is 11.3 Å². The zero-order chi connectivity index (χ0) is 18.8. The lowest BCUT2D eigenvalue weighted by atomic mass is 10.1. The summed E-state index contributed by atoms with van der Waals surface area (Å²) >= 11 is 0. The van der Waals surface area contributed by atoms with Crippen LogP contribution in [0.25, 0.3) is 22.2 Å². The number of hydrogen-bond donors (Lipinski definition) is 1. The van der Waals surface area contributed by atoms with Crippen LogP contribution in [0.4, 0.5) is 5.82 Å². The van der Waals surface area contributed by atoms with Gasteiger partial charge < -0.3 is 9.73 Å². The van der Waals surface area contributed by atoms with E-state index >= 15 is 0 Å². The van der Waals surface area contributed by atoms with E-state index in [1.807, 2.05) is 25.1 Å². The molecule has 0 atom stereocenters. The zero-order valence-corrected chi connectivity index (χ0v) is 15.9. The van der Waals surface area contributed by atoms with Crippen molar-refractivity contribution in [3.63, 3.8) is 0 Å². The van der Waals surface area contributed by atoms with E-state index in [9.17, 15) is 0 Å². The number of rotatable bonds is 5. The zero-order valence-electron chi connectivity index (χ0n) is 15.9. The molecule has 0 saturated carbocycles. The van der Waals surface area contributed by atoms with E-state index in [1.54, 1.807) is 6.26 Å². The number of anilines is 1. The Labute approximate surface area is 159 Å². The van der Waals surface area contributed by atoms with Gasteiger partial charge in [-0.15, -0.1) is 0 Å². The molecule has 4 nitrogen and oxygen atoms in total. The number of fused-ring (bicyclic) bond motifs is 1. The van der Waals surface area contributed by atoms with Crippen LogP contribution >= 0.6 is 0 Å². The van der Waals surface area contributed by atoms with Crippen molar-refractivity contribution < 1.29 is 4.42 Å². The maximum Gasteiger partial charge on any atom is 0.134 e. The number of aromatic nitrogens is 2. The summed E-state index contributed by atoms with van der Waals surface area (Å²) < 4.78 is 5.55. The molecular weight excluding hydrogens is 334 g/mol. The van der Waals surface area contributed by atoms with Crippen LogP contribution in [0.2, 0.25) is 0 Å². The maximum absolute atomic E-state index is 5.55. The number of aryl methyl sites for hydroxylation is 3. The minimum absolute atomic E-state index is 0.759. The van der Waals surface area contributed by atoms with Crippen LogP contribution in [0.5, 0.6) is 0 Å². The van der Waals surface area contributed by atoms with Crippen molar-refractivity contribution in [1.29, 1.82) is 0 Å². The molecule has 136 valence electrons. The maximum atomic E-state index is 5.55. The van der Waals surface area contributed by atoms with E-state index < -0.39 is 0 Å². The van der Waals surface area contributed by atoms with Gasteiger partial charge in [0.15, 0.2) is 0 Å². The highest BCUT2D eigenvalue weighted by atomic mass is 16.3. The van der Waals surface area contributed by atoms with Crippen LogP contribution in [0.1, 0.15) is 22.5 Å². The molecule has 0 spiro atoms. The Morgan fingerprint density at radius 1 is 0.963 bits per heavy atom. The number of nitrogens with zero attached hydrogens (tertiary/aromatic N) is 2. The van der Waals surface area contributed by atoms with Gasteiger partial charge in [0.25, 0.3) is 0 Å². The predicted molar refractivity (Wildman–Crippen MR) is 110 cm³/mol. The lowest BCUT2D eigenvalue weighted by molar-refractivity contribution is 0.613. The SMILES string of the molecule is Cc1cccc(CCNc2cc(-c3ccc4occ(C)c4c3)nc(C)n2)c1. The van der Waals surface area contributed by atoms with E-state index in [0.717, 1.165) is 52.4 Å². The molecule has 2 aromatic heterocycles. The Kier molecular flexibility index (Phi) is 4.63. The van der Waals surface area contributed by atoms with Crippen molar-refractivity contribution in [2.75, 3.05) is 11.9 Å². The number of benzene rings is 2. The van der Waals surface area contributed by atoms with Crippen LogP contribution in [0, 0.1) is 20.8 Å². The standard InChI is InChI=1S/C23H23N3O/c1-15-5-4-6-18(11-15)9-10-24-23-13-21(25-17(3)26-23)19-7-8-22-20(12-19)16(2)14-27-22/h4-8,11-14H,9-10H2,1-3H3,(H,24,25,26). The molecule has 0 aliphatic rings. The minimum Gasteiger partial charge on any atom is -0.464 e. The fraction of sp³-hybridized carbons (Fsp3) is 0.217. The van der Waals surface area contributed by atoms with Crippen LogP contribution in [-0.2, 0) is 6.42 Å². The Bertz CT molecular complexity index is 1100. The van der Waals surface area contributed by atoms with Gasteiger partial charge in [0.1, 0.15) is 17.2 Å². The summed E-state index contributed by atoms with van der Waals surface area (Å²) in [5, 5.41) is 4.56. The summed E-state index contributed by atoms with van der Waals surface area (Å²) in [5.41, 5.74) is 6.64. The third-order valence-electron chi connectivity index (χ3n) is 4.70. The van der Waals surface area contributed by atoms with Crippen molar-refractivity contribution in [2.24, 2.45) is 0 Å². The third kappa shape index (κ3) is 3.85. The van der Waals surface area contributed by atoms with Gasteiger partial charge in [-0.1, -0.05) is 29.8 Å². The number of hydrogen-bond acceptors (Lipinski definition) is 4. The Hall–Kier alpha value is -3.14. The van der Waals surface area contributed by atoms with Gasteiger partial charge in [-0.3, -0.25) is 0 Å². The Morgan fingerprint density at radius 3 is 2.70 bits per heavy atom. The highest BCUT2D eigenvalue weighted by Gasteiger charge is 2.08. The van der Waals surface area contributed by atoms with Gasteiger partial charge in [-0.05, 0) is 56.5 Å². The molecule has 0 saturated heterocycles. The average molecular weight is 357 g/mol. The molecule has 2 aromatic carbocycles. The molecule has 0 aliphatic heterocycles. The third-order valence-corrected chi connectivity index (χ3v) is 4.70. The summed E-state index contributed by atoms with van der Waals surface area (Å²) in [7, 11) is 0.